The van der Waals surface area contributed by atoms with Crippen molar-refractivity contribution >= 4 is 81.0 Å². The molecule has 0 radical (unpaired) electrons. The van der Waals surface area contributed by atoms with Crippen LogP contribution >= 0.6 is 22.7 Å². The van der Waals surface area contributed by atoms with E-state index in [1.165, 1.54) is 76.2 Å². The maximum absolute atomic E-state index is 2.29. The minimum Gasteiger partial charge on any atom is -0.144 e. The lowest BCUT2D eigenvalue weighted by Gasteiger charge is -2.08. The van der Waals surface area contributed by atoms with Gasteiger partial charge < -0.3 is 0 Å². The number of thiophene rings is 2. The molecule has 6 aromatic carbocycles. The number of hydrogen-bond donors (Lipinski definition) is 0. The van der Waals surface area contributed by atoms with Crippen molar-refractivity contribution in [2.45, 2.75) is 0 Å². The van der Waals surface area contributed by atoms with Crippen molar-refractivity contribution in [2.75, 3.05) is 0 Å². The normalized spacial score (nSPS) is 12.3. The zero-order valence-electron chi connectivity index (χ0n) is 28.6. The van der Waals surface area contributed by atoms with E-state index in [2.05, 4.69) is 217 Å². The summed E-state index contributed by atoms with van der Waals surface area (Å²) in [5.74, 6) is 0. The van der Waals surface area contributed by atoms with Crippen molar-refractivity contribution < 1.29 is 0 Å². The maximum atomic E-state index is 2.29. The molecular weight excluding hydrogens is 665 g/mol. The quantitative estimate of drug-likeness (QED) is 0.125. The van der Waals surface area contributed by atoms with Crippen LogP contribution in [0.3, 0.4) is 0 Å². The van der Waals surface area contributed by atoms with Gasteiger partial charge in [-0.05, 0) is 114 Å². The first-order valence-electron chi connectivity index (χ1n) is 17.5. The Bertz CT molecular complexity index is 2320. The summed E-state index contributed by atoms with van der Waals surface area (Å²) >= 11 is 3.55. The van der Waals surface area contributed by atoms with E-state index < -0.39 is 0 Å². The first-order valence-corrected chi connectivity index (χ1v) is 19.2. The summed E-state index contributed by atoms with van der Waals surface area (Å²) in [5.41, 5.74) is 12.0. The molecule has 0 N–H and O–H groups in total. The van der Waals surface area contributed by atoms with Crippen LogP contribution < -0.4 is 0 Å². The molecule has 8 rings (SSSR count). The van der Waals surface area contributed by atoms with Crippen LogP contribution in [0.25, 0.3) is 58.4 Å². The second kappa shape index (κ2) is 15.9. The summed E-state index contributed by atoms with van der Waals surface area (Å²) in [6, 6.07) is 60.7. The van der Waals surface area contributed by atoms with Crippen molar-refractivity contribution in [1.82, 2.24) is 0 Å². The molecule has 0 saturated heterocycles. The van der Waals surface area contributed by atoms with E-state index in [0.717, 1.165) is 0 Å². The van der Waals surface area contributed by atoms with Crippen molar-refractivity contribution in [1.29, 1.82) is 0 Å². The molecule has 0 saturated carbocycles. The van der Waals surface area contributed by atoms with Crippen molar-refractivity contribution in [3.05, 3.63) is 235 Å². The molecule has 0 amide bonds. The Balaban J connectivity index is 1.05. The Hall–Kier alpha value is -6.06. The smallest absolute Gasteiger partial charge is 0.0348 e. The van der Waals surface area contributed by atoms with Gasteiger partial charge in [0.25, 0.3) is 0 Å². The molecule has 2 aromatic heterocycles. The average Bonchev–Trinajstić information content (AvgIpc) is 3.95. The summed E-state index contributed by atoms with van der Waals surface area (Å²) in [4.78, 5) is 2.54. The predicted molar refractivity (Wildman–Crippen MR) is 230 cm³/mol. The summed E-state index contributed by atoms with van der Waals surface area (Å²) in [6.45, 7) is 0. The van der Waals surface area contributed by atoms with E-state index in [0.29, 0.717) is 0 Å². The minimum atomic E-state index is 1.17. The highest BCUT2D eigenvalue weighted by molar-refractivity contribution is 7.11. The molecule has 52 heavy (non-hydrogen) atoms. The van der Waals surface area contributed by atoms with Crippen LogP contribution in [0.5, 0.6) is 0 Å². The molecule has 2 heteroatoms. The van der Waals surface area contributed by atoms with Gasteiger partial charge in [-0.3, -0.25) is 0 Å². The molecule has 0 unspecified atom stereocenters. The Morgan fingerprint density at radius 3 is 1.12 bits per heavy atom. The van der Waals surface area contributed by atoms with Gasteiger partial charge in [0.1, 0.15) is 0 Å². The molecule has 0 atom stereocenters. The van der Waals surface area contributed by atoms with Crippen LogP contribution in [0.4, 0.5) is 0 Å². The Labute approximate surface area is 314 Å². The molecule has 248 valence electrons. The van der Waals surface area contributed by atoms with Gasteiger partial charge in [-0.15, -0.1) is 22.7 Å². The fourth-order valence-electron chi connectivity index (χ4n) is 6.37. The fraction of sp³-hybridized carbons (Fsp3) is 0. The lowest BCUT2D eigenvalue weighted by atomic mass is 9.98. The van der Waals surface area contributed by atoms with Crippen molar-refractivity contribution in [3.63, 3.8) is 0 Å². The first-order chi connectivity index (χ1) is 25.7. The molecule has 0 nitrogen and oxygen atoms in total. The highest BCUT2D eigenvalue weighted by atomic mass is 32.1. The SMILES string of the molecule is C(=C/c1cc2ccccc2cc1/C=C\c1ccc(/C=C(/c2ccccc2)c2cccs2)cc1)/c1ccc(/C=C(/c2ccccc2)c2cccs2)cc1. The number of benzene rings is 6. The zero-order valence-corrected chi connectivity index (χ0v) is 30.2. The monoisotopic (exact) mass is 700 g/mol. The van der Waals surface area contributed by atoms with Gasteiger partial charge in [-0.2, -0.15) is 0 Å². The molecule has 0 bridgehead atoms. The molecule has 0 aliphatic heterocycles. The van der Waals surface area contributed by atoms with E-state index in [9.17, 15) is 0 Å². The number of fused-ring (bicyclic) bond motifs is 1. The van der Waals surface area contributed by atoms with Crippen molar-refractivity contribution in [2.24, 2.45) is 0 Å². The van der Waals surface area contributed by atoms with Gasteiger partial charge >= 0.3 is 0 Å². The summed E-state index contributed by atoms with van der Waals surface area (Å²) in [7, 11) is 0. The third-order valence-electron chi connectivity index (χ3n) is 9.10. The third kappa shape index (κ3) is 7.95. The molecule has 0 fully saturated rings. The maximum Gasteiger partial charge on any atom is 0.0348 e. The van der Waals surface area contributed by atoms with Crippen LogP contribution in [0.1, 0.15) is 54.3 Å². The van der Waals surface area contributed by atoms with Crippen LogP contribution in [0.15, 0.2) is 181 Å². The van der Waals surface area contributed by atoms with Crippen molar-refractivity contribution in [3.8, 4) is 0 Å². The highest BCUT2D eigenvalue weighted by Gasteiger charge is 2.08. The molecular formula is C50H36S2. The van der Waals surface area contributed by atoms with E-state index in [4.69, 9.17) is 0 Å². The van der Waals surface area contributed by atoms with Gasteiger partial charge in [0, 0.05) is 9.75 Å². The molecule has 0 aliphatic carbocycles. The summed E-state index contributed by atoms with van der Waals surface area (Å²) < 4.78 is 0. The van der Waals surface area contributed by atoms with Gasteiger partial charge in [0.2, 0.25) is 0 Å². The van der Waals surface area contributed by atoms with Gasteiger partial charge in [-0.1, -0.05) is 170 Å². The Morgan fingerprint density at radius 1 is 0.346 bits per heavy atom. The van der Waals surface area contributed by atoms with E-state index >= 15 is 0 Å². The zero-order chi connectivity index (χ0) is 35.0. The topological polar surface area (TPSA) is 0 Å². The largest absolute Gasteiger partial charge is 0.144 e. The second-order valence-corrected chi connectivity index (χ2v) is 14.5. The number of rotatable bonds is 10. The third-order valence-corrected chi connectivity index (χ3v) is 10.9. The van der Waals surface area contributed by atoms with Crippen LogP contribution in [-0.2, 0) is 0 Å². The first kappa shape index (κ1) is 33.1. The molecule has 0 spiro atoms. The van der Waals surface area contributed by atoms with Crippen LogP contribution in [0, 0.1) is 0 Å². The van der Waals surface area contributed by atoms with E-state index in [-0.39, 0.29) is 0 Å². The molecule has 2 heterocycles. The van der Waals surface area contributed by atoms with Gasteiger partial charge in [0.15, 0.2) is 0 Å². The lowest BCUT2D eigenvalue weighted by Crippen LogP contribution is -1.86. The molecule has 8 aromatic rings. The highest BCUT2D eigenvalue weighted by Crippen LogP contribution is 2.31. The summed E-state index contributed by atoms with van der Waals surface area (Å²) in [6.07, 6.45) is 13.5. The molecule has 0 aliphatic rings. The van der Waals surface area contributed by atoms with E-state index in [1.54, 1.807) is 22.7 Å². The predicted octanol–water partition coefficient (Wildman–Crippen LogP) is 14.5. The van der Waals surface area contributed by atoms with E-state index in [1.807, 2.05) is 0 Å². The fourth-order valence-corrected chi connectivity index (χ4v) is 7.90. The van der Waals surface area contributed by atoms with Crippen LogP contribution in [-0.4, -0.2) is 0 Å². The van der Waals surface area contributed by atoms with Gasteiger partial charge in [-0.25, -0.2) is 0 Å². The van der Waals surface area contributed by atoms with Crippen LogP contribution in [0.2, 0.25) is 0 Å². The number of hydrogen-bond acceptors (Lipinski definition) is 2. The lowest BCUT2D eigenvalue weighted by molar-refractivity contribution is 1.59. The second-order valence-electron chi connectivity index (χ2n) is 12.6. The average molecular weight is 701 g/mol. The minimum absolute atomic E-state index is 1.17. The summed E-state index contributed by atoms with van der Waals surface area (Å²) in [5, 5.41) is 6.75. The Morgan fingerprint density at radius 2 is 0.731 bits per heavy atom. The van der Waals surface area contributed by atoms with Gasteiger partial charge in [0.05, 0.1) is 0 Å². The Kier molecular flexibility index (Phi) is 10.1. The standard InChI is InChI=1S/C50H36S2/c1-3-11-41(12-4-1)47(49-17-9-31-51-49)33-39-23-19-37(20-24-39)27-29-45-35-43-15-7-8-16-44(43)36-46(45)30-28-38-21-25-40(26-22-38)34-48(50-18-10-32-52-50)42-13-5-2-6-14-42/h1-36H/b29-27-,30-28-,47-33-,48-34-.